The topological polar surface area (TPSA) is 75.3 Å². The first-order valence-corrected chi connectivity index (χ1v) is 6.91. The van der Waals surface area contributed by atoms with Gasteiger partial charge in [0.05, 0.1) is 16.3 Å². The molecule has 2 aromatic rings. The molecule has 0 fully saturated rings. The molecule has 1 amide bonds. The first-order chi connectivity index (χ1) is 9.38. The maximum absolute atomic E-state index is 12.2. The number of phenols is 1. The van der Waals surface area contributed by atoms with Gasteiger partial charge in [0.2, 0.25) is 0 Å². The molecule has 0 aromatic heterocycles. The molecule has 0 aliphatic heterocycles. The van der Waals surface area contributed by atoms with Gasteiger partial charge in [-0.1, -0.05) is 11.6 Å². The summed E-state index contributed by atoms with van der Waals surface area (Å²) in [5.74, 6) is -0.447. The molecule has 0 saturated heterocycles. The molecule has 0 aliphatic carbocycles. The Balaban J connectivity index is 2.32. The second kappa shape index (κ2) is 5.73. The van der Waals surface area contributed by atoms with Gasteiger partial charge in [-0.3, -0.25) is 4.79 Å². The number of carbonyl (C=O) groups is 1. The first-order valence-electron chi connectivity index (χ1n) is 5.74. The lowest BCUT2D eigenvalue weighted by Gasteiger charge is -2.11. The Morgan fingerprint density at radius 3 is 2.75 bits per heavy atom. The fourth-order valence-corrected chi connectivity index (χ4v) is 2.42. The van der Waals surface area contributed by atoms with Gasteiger partial charge in [0.1, 0.15) is 5.75 Å². The van der Waals surface area contributed by atoms with E-state index < -0.39 is 5.91 Å². The maximum Gasteiger partial charge on any atom is 0.257 e. The second-order valence-electron chi connectivity index (χ2n) is 4.31. The van der Waals surface area contributed by atoms with Gasteiger partial charge in [0.25, 0.3) is 5.91 Å². The molecule has 2 aromatic carbocycles. The number of aromatic hydroxyl groups is 1. The van der Waals surface area contributed by atoms with Crippen molar-refractivity contribution in [1.82, 2.24) is 0 Å². The van der Waals surface area contributed by atoms with Crippen LogP contribution in [0, 0.1) is 6.92 Å². The van der Waals surface area contributed by atoms with Gasteiger partial charge in [-0.05, 0) is 58.7 Å². The third-order valence-electron chi connectivity index (χ3n) is 2.80. The van der Waals surface area contributed by atoms with Crippen LogP contribution >= 0.6 is 27.5 Å². The zero-order chi connectivity index (χ0) is 14.9. The van der Waals surface area contributed by atoms with Crippen molar-refractivity contribution in [3.63, 3.8) is 0 Å². The molecule has 0 saturated carbocycles. The number of aryl methyl sites for hydroxylation is 1. The number of nitrogens with one attached hydrogen (secondary N) is 1. The molecule has 104 valence electrons. The normalized spacial score (nSPS) is 10.3. The Morgan fingerprint density at radius 1 is 1.35 bits per heavy atom. The van der Waals surface area contributed by atoms with E-state index in [1.165, 1.54) is 18.2 Å². The molecule has 6 heteroatoms. The van der Waals surface area contributed by atoms with E-state index >= 15 is 0 Å². The van der Waals surface area contributed by atoms with E-state index in [1.54, 1.807) is 6.07 Å². The number of anilines is 2. The van der Waals surface area contributed by atoms with Crippen LogP contribution < -0.4 is 11.1 Å². The van der Waals surface area contributed by atoms with Crippen LogP contribution in [0.25, 0.3) is 0 Å². The molecule has 0 atom stereocenters. The number of hydrogen-bond acceptors (Lipinski definition) is 3. The lowest BCUT2D eigenvalue weighted by molar-refractivity contribution is 0.102. The summed E-state index contributed by atoms with van der Waals surface area (Å²) in [5.41, 5.74) is 8.03. The maximum atomic E-state index is 12.2. The molecule has 0 unspecified atom stereocenters. The number of benzene rings is 2. The average Bonchev–Trinajstić information content (AvgIpc) is 2.38. The summed E-state index contributed by atoms with van der Waals surface area (Å²) < 4.78 is 0.717. The number of rotatable bonds is 2. The number of amides is 1. The largest absolute Gasteiger partial charge is 0.508 e. The van der Waals surface area contributed by atoms with Gasteiger partial charge in [0.15, 0.2) is 0 Å². The molecule has 0 spiro atoms. The Bertz CT molecular complexity index is 689. The number of nitrogens with two attached hydrogens (primary N) is 1. The van der Waals surface area contributed by atoms with E-state index in [0.29, 0.717) is 15.8 Å². The van der Waals surface area contributed by atoms with Crippen LogP contribution in [0.15, 0.2) is 34.8 Å². The van der Waals surface area contributed by atoms with Crippen LogP contribution in [-0.4, -0.2) is 11.0 Å². The van der Waals surface area contributed by atoms with Crippen molar-refractivity contribution < 1.29 is 9.90 Å². The highest BCUT2D eigenvalue weighted by atomic mass is 79.9. The smallest absolute Gasteiger partial charge is 0.257 e. The van der Waals surface area contributed by atoms with Crippen molar-refractivity contribution in [2.45, 2.75) is 6.92 Å². The molecule has 20 heavy (non-hydrogen) atoms. The van der Waals surface area contributed by atoms with E-state index in [2.05, 4.69) is 21.2 Å². The lowest BCUT2D eigenvalue weighted by Crippen LogP contribution is -2.13. The van der Waals surface area contributed by atoms with Crippen LogP contribution in [0.1, 0.15) is 15.9 Å². The molecule has 0 aliphatic rings. The highest BCUT2D eigenvalue weighted by Crippen LogP contribution is 2.29. The molecule has 0 bridgehead atoms. The minimum absolute atomic E-state index is 0.0259. The summed E-state index contributed by atoms with van der Waals surface area (Å²) in [6.45, 7) is 1.87. The minimum Gasteiger partial charge on any atom is -0.508 e. The predicted molar refractivity (Wildman–Crippen MR) is 84.4 cm³/mol. The quantitative estimate of drug-likeness (QED) is 0.714. The Morgan fingerprint density at radius 2 is 2.05 bits per heavy atom. The zero-order valence-corrected chi connectivity index (χ0v) is 12.9. The molecule has 2 rings (SSSR count). The number of halogens is 2. The van der Waals surface area contributed by atoms with E-state index in [9.17, 15) is 9.90 Å². The van der Waals surface area contributed by atoms with Crippen molar-refractivity contribution >= 4 is 44.8 Å². The van der Waals surface area contributed by atoms with Crippen LogP contribution in [-0.2, 0) is 0 Å². The standard InChI is InChI=1S/C14H12BrClN2O2/c1-7-4-10(15)13(6-12(7)17)18-14(20)9-5-8(19)2-3-11(9)16/h2-6,19H,17H2,1H3,(H,18,20). The number of nitrogen functional groups attached to an aromatic ring is 1. The van der Waals surface area contributed by atoms with Crippen LogP contribution in [0.2, 0.25) is 5.02 Å². The zero-order valence-electron chi connectivity index (χ0n) is 10.6. The van der Waals surface area contributed by atoms with Gasteiger partial charge in [-0.2, -0.15) is 0 Å². The second-order valence-corrected chi connectivity index (χ2v) is 5.57. The highest BCUT2D eigenvalue weighted by molar-refractivity contribution is 9.10. The Kier molecular flexibility index (Phi) is 4.20. The summed E-state index contributed by atoms with van der Waals surface area (Å²) in [7, 11) is 0. The number of phenolic OH excluding ortho intramolecular Hbond substituents is 1. The summed E-state index contributed by atoms with van der Waals surface area (Å²) in [6, 6.07) is 7.66. The third kappa shape index (κ3) is 3.05. The molecule has 0 heterocycles. The average molecular weight is 356 g/mol. The van der Waals surface area contributed by atoms with Crippen molar-refractivity contribution in [2.75, 3.05) is 11.1 Å². The fraction of sp³-hybridized carbons (Fsp3) is 0.0714. The van der Waals surface area contributed by atoms with E-state index in [4.69, 9.17) is 17.3 Å². The highest BCUT2D eigenvalue weighted by Gasteiger charge is 2.13. The molecule has 0 radical (unpaired) electrons. The lowest BCUT2D eigenvalue weighted by atomic mass is 10.1. The minimum atomic E-state index is -0.421. The third-order valence-corrected chi connectivity index (χ3v) is 3.78. The number of carbonyl (C=O) groups excluding carboxylic acids is 1. The van der Waals surface area contributed by atoms with E-state index in [1.807, 2.05) is 13.0 Å². The number of hydrogen-bond donors (Lipinski definition) is 3. The van der Waals surface area contributed by atoms with Crippen LogP contribution in [0.4, 0.5) is 11.4 Å². The van der Waals surface area contributed by atoms with Gasteiger partial charge in [0, 0.05) is 10.2 Å². The predicted octanol–water partition coefficient (Wildman–Crippen LogP) is 3.95. The molecular formula is C14H12BrClN2O2. The van der Waals surface area contributed by atoms with E-state index in [-0.39, 0.29) is 16.3 Å². The van der Waals surface area contributed by atoms with Gasteiger partial charge in [-0.25, -0.2) is 0 Å². The van der Waals surface area contributed by atoms with Crippen LogP contribution in [0.3, 0.4) is 0 Å². The van der Waals surface area contributed by atoms with Gasteiger partial charge in [-0.15, -0.1) is 0 Å². The van der Waals surface area contributed by atoms with Crippen LogP contribution in [0.5, 0.6) is 5.75 Å². The van der Waals surface area contributed by atoms with Crippen molar-refractivity contribution in [2.24, 2.45) is 0 Å². The fourth-order valence-electron chi connectivity index (χ4n) is 1.66. The van der Waals surface area contributed by atoms with Crippen molar-refractivity contribution in [3.05, 3.63) is 51.0 Å². The molecule has 4 N–H and O–H groups in total. The van der Waals surface area contributed by atoms with Gasteiger partial charge >= 0.3 is 0 Å². The Labute approximate surface area is 129 Å². The summed E-state index contributed by atoms with van der Waals surface area (Å²) >= 11 is 9.31. The Hall–Kier alpha value is -1.72. The van der Waals surface area contributed by atoms with Crippen molar-refractivity contribution in [3.8, 4) is 5.75 Å². The summed E-state index contributed by atoms with van der Waals surface area (Å²) in [5, 5.41) is 12.4. The van der Waals surface area contributed by atoms with E-state index in [0.717, 1.165) is 5.56 Å². The summed E-state index contributed by atoms with van der Waals surface area (Å²) in [6.07, 6.45) is 0. The molecule has 4 nitrogen and oxygen atoms in total. The molecular weight excluding hydrogens is 344 g/mol. The van der Waals surface area contributed by atoms with Gasteiger partial charge < -0.3 is 16.2 Å². The monoisotopic (exact) mass is 354 g/mol. The van der Waals surface area contributed by atoms with Crippen molar-refractivity contribution in [1.29, 1.82) is 0 Å². The summed E-state index contributed by atoms with van der Waals surface area (Å²) in [4.78, 5) is 12.2. The SMILES string of the molecule is Cc1cc(Br)c(NC(=O)c2cc(O)ccc2Cl)cc1N. The first kappa shape index (κ1) is 14.7.